The Morgan fingerprint density at radius 3 is 2.61 bits per heavy atom. The third kappa shape index (κ3) is 4.85. The van der Waals surface area contributed by atoms with Gasteiger partial charge in [0.25, 0.3) is 0 Å². The van der Waals surface area contributed by atoms with E-state index in [4.69, 9.17) is 10.8 Å². The molecule has 4 heteroatoms. The summed E-state index contributed by atoms with van der Waals surface area (Å²) in [5.74, 6) is -0.188. The lowest BCUT2D eigenvalue weighted by Crippen LogP contribution is -2.46. The maximum atomic E-state index is 11.7. The van der Waals surface area contributed by atoms with Crippen molar-refractivity contribution in [3.63, 3.8) is 0 Å². The molecule has 100 valence electrons. The molecule has 4 N–H and O–H groups in total. The number of nitrogens with one attached hydrogen (secondary N) is 1. The molecule has 0 aliphatic rings. The highest BCUT2D eigenvalue weighted by molar-refractivity contribution is 5.81. The van der Waals surface area contributed by atoms with E-state index in [1.54, 1.807) is 0 Å². The van der Waals surface area contributed by atoms with Gasteiger partial charge in [0.2, 0.25) is 5.91 Å². The summed E-state index contributed by atoms with van der Waals surface area (Å²) in [4.78, 5) is 11.7. The summed E-state index contributed by atoms with van der Waals surface area (Å²) >= 11 is 0. The van der Waals surface area contributed by atoms with Gasteiger partial charge in [-0.1, -0.05) is 37.3 Å². The van der Waals surface area contributed by atoms with Gasteiger partial charge in [0.1, 0.15) is 0 Å². The molecular formula is C14H22N2O2. The summed E-state index contributed by atoms with van der Waals surface area (Å²) in [7, 11) is 0. The van der Waals surface area contributed by atoms with E-state index in [1.165, 1.54) is 5.56 Å². The summed E-state index contributed by atoms with van der Waals surface area (Å²) in [6, 6.07) is 9.23. The first kappa shape index (κ1) is 14.7. The Morgan fingerprint density at radius 1 is 1.39 bits per heavy atom. The van der Waals surface area contributed by atoms with E-state index >= 15 is 0 Å². The minimum absolute atomic E-state index is 0.0480. The zero-order chi connectivity index (χ0) is 13.4. The van der Waals surface area contributed by atoms with Crippen LogP contribution < -0.4 is 11.1 Å². The monoisotopic (exact) mass is 250 g/mol. The standard InChI is InChI=1S/C14H22N2O2/c1-2-12(10-17)16-14(18)13(15)9-8-11-6-4-3-5-7-11/h3-7,12-13,17H,2,8-10,15H2,1H3,(H,16,18)/t12-,13?/m1/s1. The number of aryl methyl sites for hydroxylation is 1. The van der Waals surface area contributed by atoms with Crippen LogP contribution in [0, 0.1) is 0 Å². The highest BCUT2D eigenvalue weighted by atomic mass is 16.3. The van der Waals surface area contributed by atoms with E-state index in [-0.39, 0.29) is 18.6 Å². The number of carbonyl (C=O) groups is 1. The largest absolute Gasteiger partial charge is 0.394 e. The zero-order valence-electron chi connectivity index (χ0n) is 10.8. The van der Waals surface area contributed by atoms with Crippen molar-refractivity contribution in [3.05, 3.63) is 35.9 Å². The van der Waals surface area contributed by atoms with Crippen LogP contribution in [0.25, 0.3) is 0 Å². The highest BCUT2D eigenvalue weighted by Crippen LogP contribution is 2.04. The fourth-order valence-electron chi connectivity index (χ4n) is 1.68. The smallest absolute Gasteiger partial charge is 0.237 e. The van der Waals surface area contributed by atoms with Gasteiger partial charge in [0, 0.05) is 0 Å². The van der Waals surface area contributed by atoms with Gasteiger partial charge in [-0.25, -0.2) is 0 Å². The van der Waals surface area contributed by atoms with Crippen molar-refractivity contribution >= 4 is 5.91 Å². The molecule has 0 fully saturated rings. The van der Waals surface area contributed by atoms with E-state index in [0.717, 1.165) is 6.42 Å². The molecule has 0 aliphatic heterocycles. The van der Waals surface area contributed by atoms with E-state index < -0.39 is 6.04 Å². The summed E-state index contributed by atoms with van der Waals surface area (Å²) in [5, 5.41) is 11.7. The van der Waals surface area contributed by atoms with Crippen molar-refractivity contribution in [2.75, 3.05) is 6.61 Å². The minimum atomic E-state index is -0.522. The molecule has 0 heterocycles. The van der Waals surface area contributed by atoms with E-state index in [1.807, 2.05) is 37.3 Å². The topological polar surface area (TPSA) is 75.3 Å². The Morgan fingerprint density at radius 2 is 2.06 bits per heavy atom. The second-order valence-corrected chi connectivity index (χ2v) is 4.43. The number of benzene rings is 1. The van der Waals surface area contributed by atoms with Gasteiger partial charge in [-0.2, -0.15) is 0 Å². The quantitative estimate of drug-likeness (QED) is 0.671. The van der Waals surface area contributed by atoms with Crippen LogP contribution in [0.4, 0.5) is 0 Å². The molecule has 2 atom stereocenters. The van der Waals surface area contributed by atoms with Crippen LogP contribution in [0.2, 0.25) is 0 Å². The number of amides is 1. The predicted octanol–water partition coefficient (Wildman–Crippen LogP) is 0.834. The molecule has 0 saturated heterocycles. The van der Waals surface area contributed by atoms with E-state index in [9.17, 15) is 4.79 Å². The summed E-state index contributed by atoms with van der Waals surface area (Å²) in [6.45, 7) is 1.87. The molecule has 1 amide bonds. The third-order valence-corrected chi connectivity index (χ3v) is 2.98. The number of carbonyl (C=O) groups excluding carboxylic acids is 1. The Hall–Kier alpha value is -1.39. The lowest BCUT2D eigenvalue weighted by Gasteiger charge is -2.17. The third-order valence-electron chi connectivity index (χ3n) is 2.98. The fraction of sp³-hybridized carbons (Fsp3) is 0.500. The van der Waals surface area contributed by atoms with Gasteiger partial charge < -0.3 is 16.2 Å². The lowest BCUT2D eigenvalue weighted by atomic mass is 10.0. The maximum absolute atomic E-state index is 11.7. The molecule has 0 bridgehead atoms. The molecule has 18 heavy (non-hydrogen) atoms. The number of nitrogens with two attached hydrogens (primary N) is 1. The first-order valence-corrected chi connectivity index (χ1v) is 6.38. The SMILES string of the molecule is CC[C@H](CO)NC(=O)C(N)CCc1ccccc1. The predicted molar refractivity (Wildman–Crippen MR) is 72.0 cm³/mol. The fourth-order valence-corrected chi connectivity index (χ4v) is 1.68. The average Bonchev–Trinajstić information content (AvgIpc) is 2.42. The van der Waals surface area contributed by atoms with Crippen LogP contribution in [0.15, 0.2) is 30.3 Å². The van der Waals surface area contributed by atoms with Crippen molar-refractivity contribution in [2.24, 2.45) is 5.73 Å². The van der Waals surface area contributed by atoms with Crippen molar-refractivity contribution in [2.45, 2.75) is 38.3 Å². The van der Waals surface area contributed by atoms with Gasteiger partial charge in [-0.05, 0) is 24.8 Å². The molecule has 1 aromatic carbocycles. The minimum Gasteiger partial charge on any atom is -0.394 e. The number of hydrogen-bond acceptors (Lipinski definition) is 3. The lowest BCUT2D eigenvalue weighted by molar-refractivity contribution is -0.123. The Kier molecular flexibility index (Phi) is 6.39. The van der Waals surface area contributed by atoms with Crippen LogP contribution in [-0.4, -0.2) is 29.7 Å². The zero-order valence-corrected chi connectivity index (χ0v) is 10.8. The van der Waals surface area contributed by atoms with Crippen LogP contribution in [0.1, 0.15) is 25.3 Å². The molecule has 0 aliphatic carbocycles. The van der Waals surface area contributed by atoms with Crippen LogP contribution in [0.3, 0.4) is 0 Å². The van der Waals surface area contributed by atoms with Gasteiger partial charge in [0.05, 0.1) is 18.7 Å². The Labute approximate surface area is 108 Å². The Balaban J connectivity index is 2.36. The number of hydrogen-bond donors (Lipinski definition) is 3. The van der Waals surface area contributed by atoms with Crippen LogP contribution in [-0.2, 0) is 11.2 Å². The molecular weight excluding hydrogens is 228 g/mol. The van der Waals surface area contributed by atoms with Crippen molar-refractivity contribution in [3.8, 4) is 0 Å². The molecule has 1 rings (SSSR count). The normalized spacial score (nSPS) is 13.9. The summed E-state index contributed by atoms with van der Waals surface area (Å²) < 4.78 is 0. The Bertz CT molecular complexity index is 350. The van der Waals surface area contributed by atoms with Crippen molar-refractivity contribution < 1.29 is 9.90 Å². The van der Waals surface area contributed by atoms with Gasteiger partial charge in [-0.3, -0.25) is 4.79 Å². The van der Waals surface area contributed by atoms with Gasteiger partial charge in [-0.15, -0.1) is 0 Å². The number of rotatable bonds is 7. The van der Waals surface area contributed by atoms with E-state index in [0.29, 0.717) is 12.8 Å². The molecule has 1 aromatic rings. The maximum Gasteiger partial charge on any atom is 0.237 e. The molecule has 4 nitrogen and oxygen atoms in total. The molecule has 1 unspecified atom stereocenters. The molecule has 0 radical (unpaired) electrons. The number of aliphatic hydroxyl groups excluding tert-OH is 1. The summed E-state index contributed by atoms with van der Waals surface area (Å²) in [5.41, 5.74) is 7.00. The molecule has 0 spiro atoms. The first-order chi connectivity index (χ1) is 8.67. The van der Waals surface area contributed by atoms with Crippen molar-refractivity contribution in [1.29, 1.82) is 0 Å². The second-order valence-electron chi connectivity index (χ2n) is 4.43. The van der Waals surface area contributed by atoms with Crippen LogP contribution in [0.5, 0.6) is 0 Å². The summed E-state index contributed by atoms with van der Waals surface area (Å²) in [6.07, 6.45) is 2.09. The average molecular weight is 250 g/mol. The van der Waals surface area contributed by atoms with Crippen LogP contribution >= 0.6 is 0 Å². The second kappa shape index (κ2) is 7.84. The van der Waals surface area contributed by atoms with Crippen molar-refractivity contribution in [1.82, 2.24) is 5.32 Å². The highest BCUT2D eigenvalue weighted by Gasteiger charge is 2.16. The van der Waals surface area contributed by atoms with Gasteiger partial charge in [0.15, 0.2) is 0 Å². The first-order valence-electron chi connectivity index (χ1n) is 6.38. The molecule has 0 saturated carbocycles. The number of aliphatic hydroxyl groups is 1. The van der Waals surface area contributed by atoms with Gasteiger partial charge >= 0.3 is 0 Å². The molecule has 0 aromatic heterocycles. The van der Waals surface area contributed by atoms with E-state index in [2.05, 4.69) is 5.32 Å².